The van der Waals surface area contributed by atoms with Crippen molar-refractivity contribution in [1.82, 2.24) is 15.0 Å². The van der Waals surface area contributed by atoms with Gasteiger partial charge in [-0.05, 0) is 36.1 Å². The second-order valence-corrected chi connectivity index (χ2v) is 7.03. The van der Waals surface area contributed by atoms with Gasteiger partial charge >= 0.3 is 5.97 Å². The number of aromatic carboxylic acids is 1. The van der Waals surface area contributed by atoms with Crippen molar-refractivity contribution in [3.05, 3.63) is 66.1 Å². The number of rotatable bonds is 5. The minimum atomic E-state index is -1.06. The first kappa shape index (κ1) is 18.5. The fourth-order valence-electron chi connectivity index (χ4n) is 3.48. The van der Waals surface area contributed by atoms with Gasteiger partial charge in [0.2, 0.25) is 11.9 Å². The molecule has 0 bridgehead atoms. The maximum atomic E-state index is 13.0. The Morgan fingerprint density at radius 3 is 2.14 bits per heavy atom. The van der Waals surface area contributed by atoms with Crippen molar-refractivity contribution in [3.63, 3.8) is 0 Å². The molecular formula is C21H19N5O3. The lowest BCUT2D eigenvalue weighted by molar-refractivity contribution is -0.124. The van der Waals surface area contributed by atoms with Gasteiger partial charge in [-0.1, -0.05) is 30.7 Å². The largest absolute Gasteiger partial charge is 0.478 e. The Kier molecular flexibility index (Phi) is 4.67. The number of nitrogens with one attached hydrogen (secondary N) is 1. The van der Waals surface area contributed by atoms with Crippen molar-refractivity contribution in [2.45, 2.75) is 24.7 Å². The van der Waals surface area contributed by atoms with Crippen molar-refractivity contribution in [2.75, 3.05) is 11.1 Å². The van der Waals surface area contributed by atoms with Crippen molar-refractivity contribution in [2.24, 2.45) is 0 Å². The predicted molar refractivity (Wildman–Crippen MR) is 107 cm³/mol. The highest BCUT2D eigenvalue weighted by Gasteiger charge is 2.45. The van der Waals surface area contributed by atoms with E-state index in [9.17, 15) is 9.59 Å². The van der Waals surface area contributed by atoms with Gasteiger partial charge in [0.05, 0.1) is 11.0 Å². The molecule has 8 heteroatoms. The molecule has 0 aliphatic heterocycles. The number of carbonyl (C=O) groups is 2. The normalized spacial score (nSPS) is 14.6. The van der Waals surface area contributed by atoms with Crippen LogP contribution in [0.1, 0.15) is 35.2 Å². The molecule has 29 heavy (non-hydrogen) atoms. The molecule has 1 aliphatic rings. The number of nitrogens with two attached hydrogens (primary N) is 1. The molecule has 1 aromatic carbocycles. The highest BCUT2D eigenvalue weighted by molar-refractivity contribution is 5.99. The van der Waals surface area contributed by atoms with Gasteiger partial charge in [-0.2, -0.15) is 0 Å². The molecule has 1 fully saturated rings. The van der Waals surface area contributed by atoms with E-state index in [4.69, 9.17) is 10.8 Å². The number of hydrogen-bond acceptors (Lipinski definition) is 6. The van der Waals surface area contributed by atoms with Gasteiger partial charge in [-0.15, -0.1) is 0 Å². The number of nitrogens with zero attached hydrogens (tertiary/aromatic N) is 3. The van der Waals surface area contributed by atoms with E-state index in [1.54, 1.807) is 12.4 Å². The Morgan fingerprint density at radius 2 is 1.62 bits per heavy atom. The second kappa shape index (κ2) is 7.31. The zero-order chi connectivity index (χ0) is 20.4. The third kappa shape index (κ3) is 3.52. The second-order valence-electron chi connectivity index (χ2n) is 7.03. The SMILES string of the molecule is Nc1ncc(-c2ccc(C3(C(=O)Nc4ccc(C(=O)O)cn4)CCC3)cc2)cn1. The van der Waals surface area contributed by atoms with Crippen LogP contribution in [0.15, 0.2) is 55.0 Å². The molecular weight excluding hydrogens is 370 g/mol. The Morgan fingerprint density at radius 1 is 0.931 bits per heavy atom. The van der Waals surface area contributed by atoms with Crippen LogP contribution in [0.2, 0.25) is 0 Å². The number of pyridine rings is 1. The number of carbonyl (C=O) groups excluding carboxylic acids is 1. The molecule has 0 radical (unpaired) electrons. The van der Waals surface area contributed by atoms with E-state index in [0.29, 0.717) is 5.82 Å². The summed E-state index contributed by atoms with van der Waals surface area (Å²) < 4.78 is 0. The first-order chi connectivity index (χ1) is 14.0. The Bertz CT molecular complexity index is 1040. The van der Waals surface area contributed by atoms with E-state index < -0.39 is 11.4 Å². The predicted octanol–water partition coefficient (Wildman–Crippen LogP) is 2.88. The van der Waals surface area contributed by atoms with Gasteiger partial charge in [-0.3, -0.25) is 4.79 Å². The summed E-state index contributed by atoms with van der Waals surface area (Å²) in [4.78, 5) is 36.0. The van der Waals surface area contributed by atoms with Gasteiger partial charge < -0.3 is 16.2 Å². The van der Waals surface area contributed by atoms with Gasteiger partial charge in [0.1, 0.15) is 5.82 Å². The summed E-state index contributed by atoms with van der Waals surface area (Å²) in [6, 6.07) is 10.7. The van der Waals surface area contributed by atoms with Crippen molar-refractivity contribution >= 4 is 23.6 Å². The first-order valence-electron chi connectivity index (χ1n) is 9.17. The van der Waals surface area contributed by atoms with Crippen LogP contribution < -0.4 is 11.1 Å². The summed E-state index contributed by atoms with van der Waals surface area (Å²) in [5.41, 5.74) is 7.72. The standard InChI is InChI=1S/C21H19N5O3/c22-20-24-11-15(12-25-20)13-2-5-16(6-3-13)21(8-1-9-21)19(29)26-17-7-4-14(10-23-17)18(27)28/h2-7,10-12H,1,8-9H2,(H,27,28)(H2,22,24,25)(H,23,26,29). The highest BCUT2D eigenvalue weighted by atomic mass is 16.4. The van der Waals surface area contributed by atoms with Crippen LogP contribution >= 0.6 is 0 Å². The molecule has 0 atom stereocenters. The molecule has 0 spiro atoms. The summed E-state index contributed by atoms with van der Waals surface area (Å²) >= 11 is 0. The smallest absolute Gasteiger partial charge is 0.337 e. The summed E-state index contributed by atoms with van der Waals surface area (Å²) in [5, 5.41) is 11.8. The molecule has 0 saturated heterocycles. The molecule has 146 valence electrons. The number of aromatic nitrogens is 3. The third-order valence-corrected chi connectivity index (χ3v) is 5.34. The molecule has 0 unspecified atom stereocenters. The quantitative estimate of drug-likeness (QED) is 0.611. The number of carboxylic acids is 1. The van der Waals surface area contributed by atoms with Crippen LogP contribution in [0.3, 0.4) is 0 Å². The van der Waals surface area contributed by atoms with Gasteiger partial charge in [0.25, 0.3) is 0 Å². The zero-order valence-corrected chi connectivity index (χ0v) is 15.5. The average molecular weight is 389 g/mol. The van der Waals surface area contributed by atoms with Crippen molar-refractivity contribution in [1.29, 1.82) is 0 Å². The van der Waals surface area contributed by atoms with E-state index in [1.807, 2.05) is 24.3 Å². The number of amides is 1. The molecule has 3 aromatic rings. The lowest BCUT2D eigenvalue weighted by Crippen LogP contribution is -2.46. The minimum Gasteiger partial charge on any atom is -0.478 e. The lowest BCUT2D eigenvalue weighted by atomic mass is 9.63. The number of benzene rings is 1. The summed E-state index contributed by atoms with van der Waals surface area (Å²) in [7, 11) is 0. The van der Waals surface area contributed by atoms with Gasteiger partial charge in [-0.25, -0.2) is 19.7 Å². The topological polar surface area (TPSA) is 131 Å². The molecule has 4 rings (SSSR count). The van der Waals surface area contributed by atoms with Gasteiger partial charge in [0.15, 0.2) is 0 Å². The zero-order valence-electron chi connectivity index (χ0n) is 15.5. The van der Waals surface area contributed by atoms with Crippen LogP contribution in [-0.4, -0.2) is 31.9 Å². The third-order valence-electron chi connectivity index (χ3n) is 5.34. The van der Waals surface area contributed by atoms with Crippen LogP contribution in [0.4, 0.5) is 11.8 Å². The lowest BCUT2D eigenvalue weighted by Gasteiger charge is -2.40. The molecule has 4 N–H and O–H groups in total. The number of nitrogen functional groups attached to an aromatic ring is 1. The van der Waals surface area contributed by atoms with E-state index >= 15 is 0 Å². The van der Waals surface area contributed by atoms with E-state index in [-0.39, 0.29) is 17.4 Å². The first-order valence-corrected chi connectivity index (χ1v) is 9.17. The number of anilines is 2. The Balaban J connectivity index is 1.54. The summed E-state index contributed by atoms with van der Waals surface area (Å²) in [6.07, 6.45) is 7.01. The highest BCUT2D eigenvalue weighted by Crippen LogP contribution is 2.45. The van der Waals surface area contributed by atoms with Crippen LogP contribution in [0, 0.1) is 0 Å². The van der Waals surface area contributed by atoms with Gasteiger partial charge in [0, 0.05) is 24.2 Å². The molecule has 2 aromatic heterocycles. The van der Waals surface area contributed by atoms with Crippen LogP contribution in [0.25, 0.3) is 11.1 Å². The maximum Gasteiger partial charge on any atom is 0.337 e. The fourth-order valence-corrected chi connectivity index (χ4v) is 3.48. The summed E-state index contributed by atoms with van der Waals surface area (Å²) in [6.45, 7) is 0. The number of carboxylic acid groups (broad SMARTS) is 1. The number of hydrogen-bond donors (Lipinski definition) is 3. The minimum absolute atomic E-state index is 0.0728. The van der Waals surface area contributed by atoms with Crippen molar-refractivity contribution < 1.29 is 14.7 Å². The van der Waals surface area contributed by atoms with Crippen LogP contribution in [0.5, 0.6) is 0 Å². The van der Waals surface area contributed by atoms with E-state index in [0.717, 1.165) is 36.0 Å². The maximum absolute atomic E-state index is 13.0. The average Bonchev–Trinajstić information content (AvgIpc) is 2.69. The van der Waals surface area contributed by atoms with Crippen LogP contribution in [-0.2, 0) is 10.2 Å². The van der Waals surface area contributed by atoms with E-state index in [2.05, 4.69) is 20.3 Å². The molecule has 2 heterocycles. The fraction of sp³-hybridized carbons (Fsp3) is 0.190. The molecule has 8 nitrogen and oxygen atoms in total. The van der Waals surface area contributed by atoms with E-state index in [1.165, 1.54) is 18.3 Å². The molecule has 1 saturated carbocycles. The Labute approximate surface area is 166 Å². The van der Waals surface area contributed by atoms with Crippen molar-refractivity contribution in [3.8, 4) is 11.1 Å². The molecule has 1 aliphatic carbocycles. The Hall–Kier alpha value is -3.81. The summed E-state index contributed by atoms with van der Waals surface area (Å²) in [5.74, 6) is -0.636. The monoisotopic (exact) mass is 389 g/mol. The molecule has 1 amide bonds.